The van der Waals surface area contributed by atoms with E-state index in [1.807, 2.05) is 51.1 Å². The van der Waals surface area contributed by atoms with Crippen LogP contribution < -0.4 is 5.32 Å². The highest BCUT2D eigenvalue weighted by Crippen LogP contribution is 2.33. The lowest BCUT2D eigenvalue weighted by atomic mass is 9.95. The molecule has 1 amide bonds. The Morgan fingerprint density at radius 3 is 2.55 bits per heavy atom. The standard InChI is InChI=1S/C29H24FN7O/c1-29(2,3)28(38)33-18-11-16(13-31-15-18)17-12-21-25(36-37-26(21)32-14-17)27-34-23-10-6-8-20(24(23)35-27)19-7-4-5-9-22(19)30/h4-15H,1-3H3,(H,33,38)(H,34,35)(H,32,36,37). The highest BCUT2D eigenvalue weighted by Gasteiger charge is 2.22. The molecule has 2 aromatic carbocycles. The van der Waals surface area contributed by atoms with Crippen molar-refractivity contribution >= 4 is 33.7 Å². The van der Waals surface area contributed by atoms with E-state index in [9.17, 15) is 9.18 Å². The van der Waals surface area contributed by atoms with Gasteiger partial charge in [-0.15, -0.1) is 0 Å². The minimum absolute atomic E-state index is 0.0956. The number of hydrogen-bond acceptors (Lipinski definition) is 5. The van der Waals surface area contributed by atoms with Gasteiger partial charge in [0.1, 0.15) is 11.5 Å². The molecule has 0 atom stereocenters. The lowest BCUT2D eigenvalue weighted by molar-refractivity contribution is -0.123. The van der Waals surface area contributed by atoms with Crippen molar-refractivity contribution in [1.29, 1.82) is 0 Å². The second-order valence-electron chi connectivity index (χ2n) is 10.1. The molecule has 6 aromatic rings. The average molecular weight is 506 g/mol. The number of amides is 1. The van der Waals surface area contributed by atoms with Crippen LogP contribution in [0.1, 0.15) is 20.8 Å². The molecule has 38 heavy (non-hydrogen) atoms. The van der Waals surface area contributed by atoms with Gasteiger partial charge in [0.25, 0.3) is 0 Å². The number of carbonyl (C=O) groups is 1. The number of nitrogens with zero attached hydrogens (tertiary/aromatic N) is 4. The number of hydrogen-bond donors (Lipinski definition) is 3. The van der Waals surface area contributed by atoms with E-state index in [-0.39, 0.29) is 11.7 Å². The summed E-state index contributed by atoms with van der Waals surface area (Å²) in [6, 6.07) is 16.1. The summed E-state index contributed by atoms with van der Waals surface area (Å²) in [5, 5.41) is 11.1. The summed E-state index contributed by atoms with van der Waals surface area (Å²) >= 11 is 0. The first-order valence-corrected chi connectivity index (χ1v) is 12.1. The summed E-state index contributed by atoms with van der Waals surface area (Å²) in [7, 11) is 0. The largest absolute Gasteiger partial charge is 0.337 e. The molecule has 0 aliphatic heterocycles. The second kappa shape index (κ2) is 8.88. The van der Waals surface area contributed by atoms with E-state index in [1.54, 1.807) is 36.8 Å². The van der Waals surface area contributed by atoms with Crippen LogP contribution in [0.15, 0.2) is 73.2 Å². The molecule has 0 saturated heterocycles. The number of pyridine rings is 2. The Bertz CT molecular complexity index is 1830. The molecule has 0 bridgehead atoms. The number of carbonyl (C=O) groups excluding carboxylic acids is 1. The Morgan fingerprint density at radius 1 is 0.947 bits per heavy atom. The number of aromatic nitrogens is 6. The van der Waals surface area contributed by atoms with Gasteiger partial charge >= 0.3 is 0 Å². The number of aromatic amines is 2. The molecular weight excluding hydrogens is 481 g/mol. The van der Waals surface area contributed by atoms with Crippen molar-refractivity contribution in [1.82, 2.24) is 30.1 Å². The molecule has 8 nitrogen and oxygen atoms in total. The Hall–Kier alpha value is -4.92. The zero-order chi connectivity index (χ0) is 26.4. The summed E-state index contributed by atoms with van der Waals surface area (Å²) < 4.78 is 14.6. The van der Waals surface area contributed by atoms with E-state index < -0.39 is 5.41 Å². The van der Waals surface area contributed by atoms with Crippen LogP contribution in [0.4, 0.5) is 10.1 Å². The summed E-state index contributed by atoms with van der Waals surface area (Å²) in [4.78, 5) is 29.4. The van der Waals surface area contributed by atoms with Crippen LogP contribution in [0.5, 0.6) is 0 Å². The van der Waals surface area contributed by atoms with Crippen LogP contribution >= 0.6 is 0 Å². The highest BCUT2D eigenvalue weighted by molar-refractivity contribution is 5.98. The molecule has 3 N–H and O–H groups in total. The molecule has 4 heterocycles. The van der Waals surface area contributed by atoms with E-state index in [1.165, 1.54) is 6.07 Å². The maximum absolute atomic E-state index is 14.6. The smallest absolute Gasteiger partial charge is 0.229 e. The Labute approximate surface area is 217 Å². The number of anilines is 1. The SMILES string of the molecule is CC(C)(C)C(=O)Nc1cncc(-c2cnc3[nH]nc(-c4nc5c(-c6ccccc6F)cccc5[nH]4)c3c2)c1. The number of imidazole rings is 1. The van der Waals surface area contributed by atoms with Gasteiger partial charge in [0.2, 0.25) is 5.91 Å². The third-order valence-corrected chi connectivity index (χ3v) is 6.33. The predicted molar refractivity (Wildman–Crippen MR) is 146 cm³/mol. The van der Waals surface area contributed by atoms with Crippen molar-refractivity contribution in [3.63, 3.8) is 0 Å². The first kappa shape index (κ1) is 23.5. The van der Waals surface area contributed by atoms with Crippen LogP contribution in [0, 0.1) is 11.2 Å². The van der Waals surface area contributed by atoms with Crippen LogP contribution in [-0.4, -0.2) is 36.0 Å². The van der Waals surface area contributed by atoms with Crippen LogP contribution in [0.3, 0.4) is 0 Å². The lowest BCUT2D eigenvalue weighted by Gasteiger charge is -2.17. The number of rotatable bonds is 4. The van der Waals surface area contributed by atoms with E-state index in [2.05, 4.69) is 30.5 Å². The van der Waals surface area contributed by atoms with Gasteiger partial charge in [0.15, 0.2) is 11.5 Å². The van der Waals surface area contributed by atoms with Gasteiger partial charge in [0, 0.05) is 40.1 Å². The molecule has 188 valence electrons. The Morgan fingerprint density at radius 2 is 1.74 bits per heavy atom. The number of halogens is 1. The van der Waals surface area contributed by atoms with Crippen LogP contribution in [0.25, 0.3) is 55.8 Å². The van der Waals surface area contributed by atoms with E-state index >= 15 is 0 Å². The van der Waals surface area contributed by atoms with Crippen molar-refractivity contribution < 1.29 is 9.18 Å². The maximum Gasteiger partial charge on any atom is 0.229 e. The molecule has 0 aliphatic rings. The van der Waals surface area contributed by atoms with Crippen molar-refractivity contribution in [2.75, 3.05) is 5.32 Å². The van der Waals surface area contributed by atoms with Crippen molar-refractivity contribution in [3.8, 4) is 33.8 Å². The number of nitrogens with one attached hydrogen (secondary N) is 3. The van der Waals surface area contributed by atoms with Crippen LogP contribution in [-0.2, 0) is 4.79 Å². The minimum Gasteiger partial charge on any atom is -0.337 e. The summed E-state index contributed by atoms with van der Waals surface area (Å²) in [5.41, 5.74) is 5.48. The fourth-order valence-corrected chi connectivity index (χ4v) is 4.27. The van der Waals surface area contributed by atoms with Crippen molar-refractivity contribution in [2.45, 2.75) is 20.8 Å². The number of benzene rings is 2. The molecule has 0 saturated carbocycles. The van der Waals surface area contributed by atoms with E-state index in [4.69, 9.17) is 4.98 Å². The normalized spacial score (nSPS) is 11.8. The van der Waals surface area contributed by atoms with Gasteiger partial charge in [-0.05, 0) is 24.3 Å². The molecule has 4 aromatic heterocycles. The molecule has 0 spiro atoms. The zero-order valence-electron chi connectivity index (χ0n) is 21.0. The van der Waals surface area contributed by atoms with Gasteiger partial charge in [-0.3, -0.25) is 14.9 Å². The first-order valence-electron chi connectivity index (χ1n) is 12.1. The highest BCUT2D eigenvalue weighted by atomic mass is 19.1. The van der Waals surface area contributed by atoms with Gasteiger partial charge in [0.05, 0.1) is 28.3 Å². The van der Waals surface area contributed by atoms with Gasteiger partial charge in [-0.25, -0.2) is 14.4 Å². The fraction of sp³-hybridized carbons (Fsp3) is 0.138. The third-order valence-electron chi connectivity index (χ3n) is 6.33. The maximum atomic E-state index is 14.6. The van der Waals surface area contributed by atoms with E-state index in [0.29, 0.717) is 39.5 Å². The molecular formula is C29H24FN7O. The van der Waals surface area contributed by atoms with Gasteiger partial charge in [-0.1, -0.05) is 51.1 Å². The number of H-pyrrole nitrogens is 2. The van der Waals surface area contributed by atoms with E-state index in [0.717, 1.165) is 22.0 Å². The first-order chi connectivity index (χ1) is 18.3. The number of fused-ring (bicyclic) bond motifs is 2. The monoisotopic (exact) mass is 505 g/mol. The Kier molecular flexibility index (Phi) is 5.48. The van der Waals surface area contributed by atoms with Gasteiger partial charge < -0.3 is 10.3 Å². The summed E-state index contributed by atoms with van der Waals surface area (Å²) in [6.45, 7) is 5.57. The molecule has 6 rings (SSSR count). The van der Waals surface area contributed by atoms with Crippen LogP contribution in [0.2, 0.25) is 0 Å². The molecule has 0 unspecified atom stereocenters. The third kappa shape index (κ3) is 4.17. The Balaban J connectivity index is 1.41. The summed E-state index contributed by atoms with van der Waals surface area (Å²) in [6.07, 6.45) is 5.06. The van der Waals surface area contributed by atoms with Crippen molar-refractivity contribution in [2.24, 2.45) is 5.41 Å². The molecule has 0 radical (unpaired) electrons. The van der Waals surface area contributed by atoms with Crippen molar-refractivity contribution in [3.05, 3.63) is 79.0 Å². The van der Waals surface area contributed by atoms with Gasteiger partial charge in [-0.2, -0.15) is 5.10 Å². The summed E-state index contributed by atoms with van der Waals surface area (Å²) in [5.74, 6) is 0.137. The lowest BCUT2D eigenvalue weighted by Crippen LogP contribution is -2.27. The fourth-order valence-electron chi connectivity index (χ4n) is 4.27. The zero-order valence-corrected chi connectivity index (χ0v) is 21.0. The topological polar surface area (TPSA) is 112 Å². The predicted octanol–water partition coefficient (Wildman–Crippen LogP) is 6.35. The molecule has 0 fully saturated rings. The molecule has 9 heteroatoms. The minimum atomic E-state index is -0.527. The molecule has 0 aliphatic carbocycles. The average Bonchev–Trinajstić information content (AvgIpc) is 3.52. The number of para-hydroxylation sites is 1. The quantitative estimate of drug-likeness (QED) is 0.258. The second-order valence-corrected chi connectivity index (χ2v) is 10.1.